The molecule has 3 heterocycles. The van der Waals surface area contributed by atoms with E-state index < -0.39 is 4.75 Å². The predicted molar refractivity (Wildman–Crippen MR) is 156 cm³/mol. The van der Waals surface area contributed by atoms with Crippen molar-refractivity contribution in [2.75, 3.05) is 18.1 Å². The van der Waals surface area contributed by atoms with Crippen molar-refractivity contribution in [1.82, 2.24) is 24.4 Å². The number of nitrogens with zero attached hydrogens (tertiary/aromatic N) is 4. The van der Waals surface area contributed by atoms with Gasteiger partial charge >= 0.3 is 0 Å². The average Bonchev–Trinajstić information content (AvgIpc) is 3.50. The quantitative estimate of drug-likeness (QED) is 0.222. The van der Waals surface area contributed by atoms with Crippen LogP contribution in [0.15, 0.2) is 67.3 Å². The van der Waals surface area contributed by atoms with Gasteiger partial charge in [0.05, 0.1) is 20.8 Å². The lowest BCUT2D eigenvalue weighted by atomic mass is 10.2. The molecule has 0 spiro atoms. The van der Waals surface area contributed by atoms with E-state index >= 15 is 0 Å². The monoisotopic (exact) mass is 548 g/mol. The van der Waals surface area contributed by atoms with Gasteiger partial charge in [0.15, 0.2) is 5.82 Å². The maximum Gasteiger partial charge on any atom is 0.235 e. The summed E-state index contributed by atoms with van der Waals surface area (Å²) in [6.07, 6.45) is 7.41. The lowest BCUT2D eigenvalue weighted by Gasteiger charge is -2.21. The Labute approximate surface area is 230 Å². The van der Waals surface area contributed by atoms with Crippen molar-refractivity contribution in [3.63, 3.8) is 0 Å². The third-order valence-corrected chi connectivity index (χ3v) is 8.05. The first-order valence-corrected chi connectivity index (χ1v) is 13.8. The number of amides is 1. The molecule has 8 nitrogen and oxygen atoms in total. The highest BCUT2D eigenvalue weighted by Gasteiger charge is 2.25. The standard InChI is InChI=1S/C28H29ClN6O2S/c1-28(2,38-4)27(36)30-12-15-35-14-11-21-25(35)26(32-17-31-21)33-18-8-9-24(20(29)16-18)37-23-7-5-6-22-19(23)10-13-34(22)3/h5-11,13-14,16-17H,12,15H2,1-4H3,(H,30,36)(H,31,32,33). The zero-order valence-electron chi connectivity index (χ0n) is 21.7. The minimum Gasteiger partial charge on any atom is -0.455 e. The SMILES string of the molecule is CSC(C)(C)C(=O)NCCn1ccc2ncnc(Nc3ccc(Oc4cccc5c4ccn5C)c(Cl)c3)c21. The van der Waals surface area contributed by atoms with Crippen molar-refractivity contribution in [3.05, 3.63) is 72.3 Å². The van der Waals surface area contributed by atoms with Crippen molar-refractivity contribution in [2.24, 2.45) is 7.05 Å². The molecule has 2 N–H and O–H groups in total. The number of aryl methyl sites for hydroxylation is 1. The summed E-state index contributed by atoms with van der Waals surface area (Å²) in [5, 5.41) is 7.88. The van der Waals surface area contributed by atoms with Gasteiger partial charge in [0.2, 0.25) is 5.91 Å². The van der Waals surface area contributed by atoms with Crippen LogP contribution in [0.4, 0.5) is 11.5 Å². The van der Waals surface area contributed by atoms with E-state index in [0.29, 0.717) is 29.7 Å². The van der Waals surface area contributed by atoms with Gasteiger partial charge in [0, 0.05) is 43.6 Å². The van der Waals surface area contributed by atoms with E-state index in [1.54, 1.807) is 0 Å². The second-order valence-electron chi connectivity index (χ2n) is 9.42. The molecule has 0 atom stereocenters. The number of hydrogen-bond donors (Lipinski definition) is 2. The van der Waals surface area contributed by atoms with Crippen LogP contribution in [0.5, 0.6) is 11.5 Å². The van der Waals surface area contributed by atoms with Crippen LogP contribution in [0.1, 0.15) is 13.8 Å². The van der Waals surface area contributed by atoms with Crippen LogP contribution in [0.25, 0.3) is 21.9 Å². The van der Waals surface area contributed by atoms with Gasteiger partial charge in [0.25, 0.3) is 0 Å². The predicted octanol–water partition coefficient (Wildman–Crippen LogP) is 6.37. The first-order chi connectivity index (χ1) is 18.3. The van der Waals surface area contributed by atoms with Gasteiger partial charge in [-0.15, -0.1) is 11.8 Å². The van der Waals surface area contributed by atoms with E-state index in [1.807, 2.05) is 97.2 Å². The van der Waals surface area contributed by atoms with Crippen molar-refractivity contribution in [3.8, 4) is 11.5 Å². The van der Waals surface area contributed by atoms with Crippen LogP contribution in [0.2, 0.25) is 5.02 Å². The number of hydrogen-bond acceptors (Lipinski definition) is 6. The van der Waals surface area contributed by atoms with E-state index in [9.17, 15) is 4.79 Å². The Morgan fingerprint density at radius 1 is 1.11 bits per heavy atom. The maximum absolute atomic E-state index is 12.4. The largest absolute Gasteiger partial charge is 0.455 e. The van der Waals surface area contributed by atoms with E-state index in [1.165, 1.54) is 18.1 Å². The normalized spacial score (nSPS) is 11.7. The summed E-state index contributed by atoms with van der Waals surface area (Å²) in [6.45, 7) is 4.90. The number of thioether (sulfide) groups is 1. The molecular formula is C28H29ClN6O2S. The number of benzene rings is 2. The fourth-order valence-electron chi connectivity index (χ4n) is 4.19. The summed E-state index contributed by atoms with van der Waals surface area (Å²) in [5.41, 5.74) is 3.50. The smallest absolute Gasteiger partial charge is 0.235 e. The third kappa shape index (κ3) is 5.16. The van der Waals surface area contributed by atoms with Gasteiger partial charge in [-0.3, -0.25) is 4.79 Å². The Morgan fingerprint density at radius 2 is 1.95 bits per heavy atom. The van der Waals surface area contributed by atoms with Crippen LogP contribution in [-0.4, -0.2) is 42.6 Å². The van der Waals surface area contributed by atoms with Gasteiger partial charge in [-0.05, 0) is 62.6 Å². The van der Waals surface area contributed by atoms with Gasteiger partial charge in [-0.1, -0.05) is 17.7 Å². The zero-order valence-corrected chi connectivity index (χ0v) is 23.2. The van der Waals surface area contributed by atoms with Crippen LogP contribution in [0, 0.1) is 0 Å². The Kier molecular flexibility index (Phi) is 7.23. The lowest BCUT2D eigenvalue weighted by Crippen LogP contribution is -2.40. The van der Waals surface area contributed by atoms with E-state index in [0.717, 1.165) is 33.4 Å². The minimum atomic E-state index is -0.475. The number of halogens is 1. The fourth-order valence-corrected chi connectivity index (χ4v) is 4.66. The highest BCUT2D eigenvalue weighted by Crippen LogP contribution is 2.36. The average molecular weight is 549 g/mol. The van der Waals surface area contributed by atoms with Crippen LogP contribution >= 0.6 is 23.4 Å². The minimum absolute atomic E-state index is 0.0107. The van der Waals surface area contributed by atoms with Crippen molar-refractivity contribution in [2.45, 2.75) is 25.1 Å². The lowest BCUT2D eigenvalue weighted by molar-refractivity contribution is -0.122. The van der Waals surface area contributed by atoms with Crippen LogP contribution in [-0.2, 0) is 18.4 Å². The van der Waals surface area contributed by atoms with E-state index in [2.05, 4.69) is 20.6 Å². The molecule has 0 aliphatic carbocycles. The van der Waals surface area contributed by atoms with Gasteiger partial charge < -0.3 is 24.5 Å². The number of nitrogens with one attached hydrogen (secondary N) is 2. The number of fused-ring (bicyclic) bond motifs is 2. The van der Waals surface area contributed by atoms with Crippen molar-refractivity contribution >= 4 is 62.7 Å². The van der Waals surface area contributed by atoms with Gasteiger partial charge in [-0.25, -0.2) is 9.97 Å². The number of aromatic nitrogens is 4. The van der Waals surface area contributed by atoms with E-state index in [4.69, 9.17) is 16.3 Å². The summed E-state index contributed by atoms with van der Waals surface area (Å²) in [4.78, 5) is 21.3. The molecule has 2 aromatic carbocycles. The second-order valence-corrected chi connectivity index (χ2v) is 11.3. The molecule has 0 saturated carbocycles. The highest BCUT2D eigenvalue weighted by atomic mass is 35.5. The molecule has 10 heteroatoms. The molecule has 5 rings (SSSR count). The number of carbonyl (C=O) groups is 1. The zero-order chi connectivity index (χ0) is 26.9. The van der Waals surface area contributed by atoms with Gasteiger partial charge in [0.1, 0.15) is 23.3 Å². The topological polar surface area (TPSA) is 86.0 Å². The Balaban J connectivity index is 1.33. The Morgan fingerprint density at radius 3 is 2.74 bits per heavy atom. The molecule has 1 amide bonds. The molecule has 196 valence electrons. The van der Waals surface area contributed by atoms with Gasteiger partial charge in [-0.2, -0.15) is 0 Å². The Bertz CT molecular complexity index is 1630. The number of rotatable bonds is 9. The molecule has 3 aromatic heterocycles. The summed E-state index contributed by atoms with van der Waals surface area (Å²) < 4.78 is 9.78. The molecule has 0 aliphatic rings. The summed E-state index contributed by atoms with van der Waals surface area (Å²) in [6, 6.07) is 15.5. The summed E-state index contributed by atoms with van der Waals surface area (Å²) in [5.74, 6) is 1.97. The summed E-state index contributed by atoms with van der Waals surface area (Å²) >= 11 is 8.15. The molecule has 38 heavy (non-hydrogen) atoms. The molecule has 5 aromatic rings. The fraction of sp³-hybridized carbons (Fsp3) is 0.250. The van der Waals surface area contributed by atoms with Crippen molar-refractivity contribution in [1.29, 1.82) is 0 Å². The number of ether oxygens (including phenoxy) is 1. The third-order valence-electron chi connectivity index (χ3n) is 6.55. The highest BCUT2D eigenvalue weighted by molar-refractivity contribution is 8.00. The maximum atomic E-state index is 12.4. The molecule has 0 saturated heterocycles. The molecule has 0 radical (unpaired) electrons. The van der Waals surface area contributed by atoms with Crippen LogP contribution in [0.3, 0.4) is 0 Å². The summed E-state index contributed by atoms with van der Waals surface area (Å²) in [7, 11) is 2.00. The Hall–Kier alpha value is -3.69. The number of anilines is 2. The van der Waals surface area contributed by atoms with Crippen LogP contribution < -0.4 is 15.4 Å². The first kappa shape index (κ1) is 25.9. The molecule has 0 fully saturated rings. The molecule has 0 aliphatic heterocycles. The second kappa shape index (κ2) is 10.6. The molecular weight excluding hydrogens is 520 g/mol. The van der Waals surface area contributed by atoms with Crippen molar-refractivity contribution < 1.29 is 9.53 Å². The number of carbonyl (C=O) groups excluding carboxylic acids is 1. The first-order valence-electron chi connectivity index (χ1n) is 12.2. The van der Waals surface area contributed by atoms with E-state index in [-0.39, 0.29) is 5.91 Å². The molecule has 0 unspecified atom stereocenters. The molecule has 0 bridgehead atoms.